The van der Waals surface area contributed by atoms with Gasteiger partial charge in [0.1, 0.15) is 243 Å². The first-order valence-corrected chi connectivity index (χ1v) is 48.1. The van der Waals surface area contributed by atoms with Gasteiger partial charge in [-0.15, -0.1) is 0 Å². The fourth-order valence-electron chi connectivity index (χ4n) is 17.9. The molecule has 9 aliphatic heterocycles. The summed E-state index contributed by atoms with van der Waals surface area (Å²) in [6.45, 7) is -8.48. The number of aliphatic hydroxyl groups is 27. The smallest absolute Gasteiger partial charge is 0.335 e. The average molecular weight is 2170 g/mol. The number of aliphatic hydroxyl groups excluding tert-OH is 27. The molecule has 9 heterocycles. The van der Waals surface area contributed by atoms with E-state index in [0.717, 1.165) is 26.8 Å². The molecule has 18 unspecified atom stereocenters. The highest BCUT2D eigenvalue weighted by Gasteiger charge is 2.60. The zero-order chi connectivity index (χ0) is 110. The van der Waals surface area contributed by atoms with Gasteiger partial charge < -0.3 is 269 Å². The maximum Gasteiger partial charge on any atom is 0.335 e. The Bertz CT molecular complexity index is 4380. The van der Waals surface area contributed by atoms with E-state index in [-0.39, 0.29) is 93.4 Å². The molecule has 33 N–H and O–H groups in total. The van der Waals surface area contributed by atoms with Crippen LogP contribution in [-0.2, 0) is 114 Å². The van der Waals surface area contributed by atoms with E-state index in [1.807, 2.05) is 0 Å². The maximum atomic E-state index is 13.6. The Hall–Kier alpha value is -7.47. The second-order valence-electron chi connectivity index (χ2n) is 36.8. The van der Waals surface area contributed by atoms with Gasteiger partial charge in [0.05, 0.1) is 78.2 Å². The quantitative estimate of drug-likeness (QED) is 0.0274. The number of carbonyl (C=O) groups is 7. The Morgan fingerprint density at radius 2 is 0.533 bits per heavy atom. The number of benzene rings is 2. The second kappa shape index (κ2) is 57.5. The van der Waals surface area contributed by atoms with Crippen molar-refractivity contribution in [1.82, 2.24) is 26.6 Å². The lowest BCUT2D eigenvalue weighted by atomic mass is 9.95. The molecule has 9 aliphatic rings. The van der Waals surface area contributed by atoms with E-state index in [0.29, 0.717) is 0 Å². The Morgan fingerprint density at radius 1 is 0.273 bits per heavy atom. The number of rotatable bonds is 51. The van der Waals surface area contributed by atoms with Gasteiger partial charge in [-0.2, -0.15) is 0 Å². The third-order valence-corrected chi connectivity index (χ3v) is 25.9. The van der Waals surface area contributed by atoms with Gasteiger partial charge in [-0.3, -0.25) is 28.8 Å². The van der Waals surface area contributed by atoms with Gasteiger partial charge in [-0.05, 0) is 67.1 Å². The van der Waals surface area contributed by atoms with Gasteiger partial charge in [0.25, 0.3) is 11.8 Å². The van der Waals surface area contributed by atoms with E-state index in [4.69, 9.17) is 99.5 Å². The van der Waals surface area contributed by atoms with Crippen LogP contribution in [-0.4, -0.2) is 573 Å². The Balaban J connectivity index is 0.716. The molecule has 61 heteroatoms. The van der Waals surface area contributed by atoms with Gasteiger partial charge in [-0.25, -0.2) is 4.79 Å². The van der Waals surface area contributed by atoms with Crippen LogP contribution in [0.4, 0.5) is 0 Å². The molecule has 9 saturated heterocycles. The van der Waals surface area contributed by atoms with Crippen molar-refractivity contribution >= 4 is 41.3 Å². The van der Waals surface area contributed by atoms with E-state index in [1.165, 1.54) is 30.3 Å². The topological polar surface area (TPSA) is 940 Å². The minimum absolute atomic E-state index is 0.0384. The van der Waals surface area contributed by atoms with Crippen LogP contribution in [0.2, 0.25) is 0 Å². The molecular weight excluding hydrogens is 2030 g/mol. The number of nitrogens with one attached hydrogen (secondary N) is 5. The summed E-state index contributed by atoms with van der Waals surface area (Å²) in [5, 5.41) is 312. The van der Waals surface area contributed by atoms with Crippen LogP contribution < -0.4 is 40.8 Å². The molecule has 0 radical (unpaired) electrons. The van der Waals surface area contributed by atoms with Crippen molar-refractivity contribution in [3.8, 4) is 28.4 Å². The number of aromatic carboxylic acids is 1. The molecule has 45 atom stereocenters. The molecule has 0 spiro atoms. The van der Waals surface area contributed by atoms with Gasteiger partial charge in [0, 0.05) is 53.0 Å². The molecule has 0 aromatic heterocycles. The number of carboxylic acids is 1. The van der Waals surface area contributed by atoms with E-state index < -0.39 is 402 Å². The van der Waals surface area contributed by atoms with Crippen molar-refractivity contribution in [1.29, 1.82) is 0 Å². The molecule has 11 rings (SSSR count). The maximum absolute atomic E-state index is 13.6. The molecule has 854 valence electrons. The number of ketones is 1. The van der Waals surface area contributed by atoms with Crippen LogP contribution in [0.1, 0.15) is 63.2 Å². The normalized spacial score (nSPS) is 39.3. The number of carbonyl (C=O) groups excluding carboxylic acids is 6. The number of ether oxygens (including phenoxy) is 21. The number of hydrogen-bond donors (Lipinski definition) is 33. The number of hydrogen-bond acceptors (Lipinski definition) is 55. The molecule has 2 aromatic carbocycles. The average Bonchev–Trinajstić information content (AvgIpc) is 0.774. The summed E-state index contributed by atoms with van der Waals surface area (Å²) in [5.74, 6) is -6.30. The molecule has 0 aliphatic carbocycles. The predicted octanol–water partition coefficient (Wildman–Crippen LogP) is -18.2. The van der Waals surface area contributed by atoms with Crippen LogP contribution in [0, 0.1) is 0 Å². The van der Waals surface area contributed by atoms with Crippen molar-refractivity contribution in [2.75, 3.05) is 112 Å². The summed E-state index contributed by atoms with van der Waals surface area (Å²) in [6, 6.07) is 2.96. The first kappa shape index (κ1) is 123. The van der Waals surface area contributed by atoms with Crippen LogP contribution in [0.25, 0.3) is 11.1 Å². The molecule has 61 nitrogen and oxygen atoms in total. The Labute approximate surface area is 852 Å². The minimum Gasteiger partial charge on any atom is -0.486 e. The standard InChI is InChI=1S/C89H137N5O56/c1-32(104)92-53-62(116)74(145-87-71(125)77(59(113)45(23-98)139-87)148-84-68(122)65(119)56(110)42(20-95)136-84)48(26-101)142-81(53)130-11-5-4-8-38(107)29-133-39-15-35(14-37(18-39)80(128)129)36-16-40(134-30-51(108)90-9-6-12-131-82-54(93-33(2)105)63(117)75(49(27-102)143-82)146-88-72(126)78(60(114)46(24-99)140-88)149-85-69(123)66(120)57(111)43(21-96)137-85)19-41(17-36)135-31-52(109)91-10-7-13-132-83-55(94-34(3)106)64(118)76(50(28-103)144-83)147-89-73(127)79(61(115)47(25-100)141-89)150-86-70(124)67(121)58(112)44(22-97)138-86/h14-19,42-50,53-79,81-89,95-103,110-127H,4-13,20-31H2,1-3H3,(H,90,108)(H,91,109)(H,92,104)(H,93,105)(H,94,106)(H,128,129)/t42?,43?,44?,45?,46?,47?,48?,49?,50?,53-,54-,55-,56-,57-,58-,59-,60-,61-,62?,63?,64?,65?,66?,67?,68-,69-,70-,71-,72-,73-,74+,75+,76+,77?,78?,79?,81+,82+,83+,84+,85+,86+,87-,88-,89-/m0/s1. The first-order chi connectivity index (χ1) is 71.4. The molecule has 0 saturated carbocycles. The van der Waals surface area contributed by atoms with Crippen LogP contribution >= 0.6 is 0 Å². The Kier molecular flexibility index (Phi) is 47.0. The van der Waals surface area contributed by atoms with Crippen LogP contribution in [0.3, 0.4) is 0 Å². The molecule has 2 aromatic rings. The highest BCUT2D eigenvalue weighted by molar-refractivity contribution is 5.90. The largest absolute Gasteiger partial charge is 0.486 e. The summed E-state index contributed by atoms with van der Waals surface area (Å²) in [4.78, 5) is 91.5. The fourth-order valence-corrected chi connectivity index (χ4v) is 17.9. The van der Waals surface area contributed by atoms with E-state index >= 15 is 0 Å². The lowest BCUT2D eigenvalue weighted by Crippen LogP contribution is -2.68. The number of unbranched alkanes of at least 4 members (excludes halogenated alkanes) is 1. The lowest BCUT2D eigenvalue weighted by molar-refractivity contribution is -0.376. The van der Waals surface area contributed by atoms with Gasteiger partial charge in [-0.1, -0.05) is 0 Å². The van der Waals surface area contributed by atoms with Crippen molar-refractivity contribution in [3.05, 3.63) is 42.0 Å². The number of amides is 5. The molecule has 150 heavy (non-hydrogen) atoms. The molecular formula is C89H137N5O56. The molecule has 5 amide bonds. The van der Waals surface area contributed by atoms with Gasteiger partial charge >= 0.3 is 5.97 Å². The minimum atomic E-state index is -2.11. The second-order valence-corrected chi connectivity index (χ2v) is 36.8. The van der Waals surface area contributed by atoms with Crippen molar-refractivity contribution in [2.24, 2.45) is 0 Å². The third-order valence-electron chi connectivity index (χ3n) is 25.9. The van der Waals surface area contributed by atoms with E-state index in [9.17, 15) is 177 Å². The van der Waals surface area contributed by atoms with Crippen molar-refractivity contribution in [2.45, 2.75) is 329 Å². The summed E-state index contributed by atoms with van der Waals surface area (Å²) >= 11 is 0. The summed E-state index contributed by atoms with van der Waals surface area (Å²) in [5.41, 5.74) is -0.256. The SMILES string of the molecule is CC(=O)N[C@H]1C(O)[C@H](O[C@@H]2OC(CO)[C@H](O)C(O[C@H]3OC(CO)[C@H](O)C(O)[C@@H]3O)[C@@H]2O)C(CO)O[C@H]1OCCCCC(=O)COc1cc(C(=O)O)cc(-c2cc(OCC(=O)NCCCO[C@@H]3OC(CO)[C@@H](O[C@@H]4OC(CO)[C@H](O)C(O[C@H]5OC(CO)[C@H](O)C(O)[C@@H]5O)[C@@H]4O)C(O)[C@@H]3NC(C)=O)cc(OCC(=O)NCCCO[C@@H]3OC(CO)[C@@H](O[C@@H]4OC(CO)[C@H](O)C(O[C@H]5OC(CO)[C@H](O)C(O)[C@@H]5O)[C@@H]4O)C(O)[C@@H]3NC(C)=O)c2)c1. The lowest BCUT2D eigenvalue weighted by Gasteiger charge is -2.48. The van der Waals surface area contributed by atoms with Gasteiger partial charge in [0.2, 0.25) is 17.7 Å². The number of carboxylic acid groups (broad SMARTS) is 1. The zero-order valence-corrected chi connectivity index (χ0v) is 81.0. The molecule has 0 bridgehead atoms. The summed E-state index contributed by atoms with van der Waals surface area (Å²) in [6.07, 6.45) is -76.6. The van der Waals surface area contributed by atoms with Crippen molar-refractivity contribution in [3.63, 3.8) is 0 Å². The van der Waals surface area contributed by atoms with Crippen LogP contribution in [0.15, 0.2) is 36.4 Å². The van der Waals surface area contributed by atoms with Crippen LogP contribution in [0.5, 0.6) is 17.2 Å². The molecule has 9 fully saturated rings. The highest BCUT2D eigenvalue weighted by atomic mass is 16.8. The summed E-state index contributed by atoms with van der Waals surface area (Å²) in [7, 11) is 0. The fraction of sp³-hybridized carbons (Fsp3) is 0.787. The monoisotopic (exact) mass is 2170 g/mol. The highest BCUT2D eigenvalue weighted by Crippen LogP contribution is 2.41. The predicted molar refractivity (Wildman–Crippen MR) is 479 cm³/mol. The summed E-state index contributed by atoms with van der Waals surface area (Å²) < 4.78 is 121. The van der Waals surface area contributed by atoms with Gasteiger partial charge in [0.15, 0.2) is 75.6 Å². The Morgan fingerprint density at radius 3 is 0.827 bits per heavy atom. The third kappa shape index (κ3) is 30.9. The van der Waals surface area contributed by atoms with E-state index in [2.05, 4.69) is 26.6 Å². The first-order valence-electron chi connectivity index (χ1n) is 48.1. The van der Waals surface area contributed by atoms with Crippen molar-refractivity contribution < 1.29 is 276 Å². The number of Topliss-reactive ketones (excluding diaryl/α,β-unsaturated/α-hetero) is 1. The van der Waals surface area contributed by atoms with E-state index in [1.54, 1.807) is 0 Å². The zero-order valence-electron chi connectivity index (χ0n) is 81.0.